The average molecular weight is 282 g/mol. The molecule has 0 saturated carbocycles. The summed E-state index contributed by atoms with van der Waals surface area (Å²) in [5, 5.41) is 19.7. The standard InChI is InChI=1S/C14H8ClN5/c15-12-5-11(7-17-8-12)9-1-3-10(4-2-9)14-13(6-16)18-20-19-14/h1-5,7-8H,(H,18,19,20). The molecule has 0 atom stereocenters. The summed E-state index contributed by atoms with van der Waals surface area (Å²) in [4.78, 5) is 4.06. The van der Waals surface area contributed by atoms with Crippen LogP contribution in [0.5, 0.6) is 0 Å². The highest BCUT2D eigenvalue weighted by Gasteiger charge is 2.09. The van der Waals surface area contributed by atoms with E-state index in [0.29, 0.717) is 10.7 Å². The van der Waals surface area contributed by atoms with Crippen molar-refractivity contribution in [1.29, 1.82) is 5.26 Å². The lowest BCUT2D eigenvalue weighted by atomic mass is 10.0. The molecular weight excluding hydrogens is 274 g/mol. The molecule has 0 radical (unpaired) electrons. The van der Waals surface area contributed by atoms with Gasteiger partial charge in [0.15, 0.2) is 5.69 Å². The van der Waals surface area contributed by atoms with E-state index >= 15 is 0 Å². The second-order valence-electron chi connectivity index (χ2n) is 4.10. The maximum Gasteiger partial charge on any atom is 0.190 e. The number of hydrogen-bond donors (Lipinski definition) is 1. The van der Waals surface area contributed by atoms with Gasteiger partial charge < -0.3 is 0 Å². The van der Waals surface area contributed by atoms with Crippen molar-refractivity contribution in [3.63, 3.8) is 0 Å². The van der Waals surface area contributed by atoms with Crippen LogP contribution in [0.15, 0.2) is 42.7 Å². The lowest BCUT2D eigenvalue weighted by Crippen LogP contribution is -1.84. The first kappa shape index (κ1) is 12.3. The smallest absolute Gasteiger partial charge is 0.190 e. The van der Waals surface area contributed by atoms with E-state index in [9.17, 15) is 0 Å². The zero-order chi connectivity index (χ0) is 13.9. The molecule has 0 unspecified atom stereocenters. The van der Waals surface area contributed by atoms with Crippen molar-refractivity contribution in [2.24, 2.45) is 0 Å². The molecule has 0 aliphatic rings. The Morgan fingerprint density at radius 1 is 1.00 bits per heavy atom. The zero-order valence-electron chi connectivity index (χ0n) is 10.2. The maximum atomic E-state index is 8.94. The van der Waals surface area contributed by atoms with Gasteiger partial charge in [0, 0.05) is 23.5 Å². The van der Waals surface area contributed by atoms with Crippen molar-refractivity contribution in [2.75, 3.05) is 0 Å². The molecule has 0 aliphatic carbocycles. The van der Waals surface area contributed by atoms with Crippen LogP contribution in [-0.4, -0.2) is 20.4 Å². The first-order chi connectivity index (χ1) is 9.78. The van der Waals surface area contributed by atoms with Crippen LogP contribution >= 0.6 is 11.6 Å². The molecule has 2 heterocycles. The Labute approximate surface area is 119 Å². The summed E-state index contributed by atoms with van der Waals surface area (Å²) in [5.74, 6) is 0. The summed E-state index contributed by atoms with van der Waals surface area (Å²) >= 11 is 5.93. The van der Waals surface area contributed by atoms with Crippen LogP contribution in [0.4, 0.5) is 0 Å². The molecule has 96 valence electrons. The number of pyridine rings is 1. The Balaban J connectivity index is 1.98. The van der Waals surface area contributed by atoms with Crippen molar-refractivity contribution in [3.05, 3.63) is 53.4 Å². The molecule has 0 saturated heterocycles. The highest BCUT2D eigenvalue weighted by atomic mass is 35.5. The quantitative estimate of drug-likeness (QED) is 0.783. The van der Waals surface area contributed by atoms with Crippen LogP contribution in [0.2, 0.25) is 5.02 Å². The normalized spacial score (nSPS) is 10.2. The molecule has 3 rings (SSSR count). The summed E-state index contributed by atoms with van der Waals surface area (Å²) in [6.45, 7) is 0. The fourth-order valence-corrected chi connectivity index (χ4v) is 2.07. The third-order valence-corrected chi connectivity index (χ3v) is 3.06. The Hall–Kier alpha value is -2.71. The first-order valence-corrected chi connectivity index (χ1v) is 6.18. The van der Waals surface area contributed by atoms with Crippen molar-refractivity contribution < 1.29 is 0 Å². The summed E-state index contributed by atoms with van der Waals surface area (Å²) in [5.41, 5.74) is 3.58. The lowest BCUT2D eigenvalue weighted by Gasteiger charge is -2.03. The predicted molar refractivity (Wildman–Crippen MR) is 74.8 cm³/mol. The van der Waals surface area contributed by atoms with Gasteiger partial charge in [-0.25, -0.2) is 0 Å². The average Bonchev–Trinajstić information content (AvgIpc) is 2.96. The molecular formula is C14H8ClN5. The van der Waals surface area contributed by atoms with Gasteiger partial charge >= 0.3 is 0 Å². The topological polar surface area (TPSA) is 78.2 Å². The number of halogens is 1. The first-order valence-electron chi connectivity index (χ1n) is 5.80. The van der Waals surface area contributed by atoms with E-state index in [1.165, 1.54) is 0 Å². The van der Waals surface area contributed by atoms with Crippen LogP contribution < -0.4 is 0 Å². The van der Waals surface area contributed by atoms with Crippen molar-refractivity contribution >= 4 is 11.6 Å². The van der Waals surface area contributed by atoms with E-state index in [1.54, 1.807) is 12.4 Å². The Morgan fingerprint density at radius 2 is 1.75 bits per heavy atom. The highest BCUT2D eigenvalue weighted by molar-refractivity contribution is 6.30. The summed E-state index contributed by atoms with van der Waals surface area (Å²) in [7, 11) is 0. The van der Waals surface area contributed by atoms with Crippen LogP contribution in [0, 0.1) is 11.3 Å². The molecule has 0 bridgehead atoms. The van der Waals surface area contributed by atoms with Gasteiger partial charge in [0.25, 0.3) is 0 Å². The number of nitrogens with one attached hydrogen (secondary N) is 1. The Morgan fingerprint density at radius 3 is 2.45 bits per heavy atom. The molecule has 6 heteroatoms. The molecule has 1 N–H and O–H groups in total. The van der Waals surface area contributed by atoms with Gasteiger partial charge in [0.2, 0.25) is 0 Å². The van der Waals surface area contributed by atoms with E-state index in [-0.39, 0.29) is 5.69 Å². The molecule has 2 aromatic heterocycles. The molecule has 5 nitrogen and oxygen atoms in total. The molecule has 0 amide bonds. The van der Waals surface area contributed by atoms with Crippen molar-refractivity contribution in [2.45, 2.75) is 0 Å². The van der Waals surface area contributed by atoms with Crippen molar-refractivity contribution in [1.82, 2.24) is 20.4 Å². The number of aromatic nitrogens is 4. The summed E-state index contributed by atoms with van der Waals surface area (Å²) in [6.07, 6.45) is 3.34. The van der Waals surface area contributed by atoms with E-state index in [1.807, 2.05) is 36.4 Å². The van der Waals surface area contributed by atoms with E-state index < -0.39 is 0 Å². The van der Waals surface area contributed by atoms with Gasteiger partial charge in [-0.3, -0.25) is 4.98 Å². The van der Waals surface area contributed by atoms with Crippen LogP contribution in [0.3, 0.4) is 0 Å². The van der Waals surface area contributed by atoms with Crippen molar-refractivity contribution in [3.8, 4) is 28.5 Å². The number of hydrogen-bond acceptors (Lipinski definition) is 4. The number of nitrogens with zero attached hydrogens (tertiary/aromatic N) is 4. The number of aromatic amines is 1. The monoisotopic (exact) mass is 281 g/mol. The Kier molecular flexibility index (Phi) is 3.15. The predicted octanol–water partition coefficient (Wildman–Crippen LogP) is 3.06. The van der Waals surface area contributed by atoms with Crippen LogP contribution in [-0.2, 0) is 0 Å². The summed E-state index contributed by atoms with van der Waals surface area (Å²) in [6, 6.07) is 11.5. The van der Waals surface area contributed by atoms with E-state index in [4.69, 9.17) is 16.9 Å². The zero-order valence-corrected chi connectivity index (χ0v) is 11.0. The minimum Gasteiger partial charge on any atom is -0.263 e. The second-order valence-corrected chi connectivity index (χ2v) is 4.54. The fourth-order valence-electron chi connectivity index (χ4n) is 1.90. The van der Waals surface area contributed by atoms with Gasteiger partial charge in [-0.2, -0.15) is 15.6 Å². The SMILES string of the molecule is N#Cc1n[nH]nc1-c1ccc(-c2cncc(Cl)c2)cc1. The minimum absolute atomic E-state index is 0.280. The van der Waals surface area contributed by atoms with E-state index in [2.05, 4.69) is 20.4 Å². The minimum atomic E-state index is 0.280. The third-order valence-electron chi connectivity index (χ3n) is 2.85. The number of benzene rings is 1. The molecule has 0 fully saturated rings. The summed E-state index contributed by atoms with van der Waals surface area (Å²) < 4.78 is 0. The van der Waals surface area contributed by atoms with Gasteiger partial charge in [0.05, 0.1) is 5.02 Å². The highest BCUT2D eigenvalue weighted by Crippen LogP contribution is 2.25. The van der Waals surface area contributed by atoms with Gasteiger partial charge in [0.1, 0.15) is 11.8 Å². The lowest BCUT2D eigenvalue weighted by molar-refractivity contribution is 0.937. The molecule has 1 aromatic carbocycles. The number of H-pyrrole nitrogens is 1. The maximum absolute atomic E-state index is 8.94. The largest absolute Gasteiger partial charge is 0.263 e. The molecule has 20 heavy (non-hydrogen) atoms. The number of nitriles is 1. The number of rotatable bonds is 2. The third kappa shape index (κ3) is 2.25. The van der Waals surface area contributed by atoms with Gasteiger partial charge in [-0.1, -0.05) is 35.9 Å². The van der Waals surface area contributed by atoms with Crippen LogP contribution in [0.1, 0.15) is 5.69 Å². The van der Waals surface area contributed by atoms with Gasteiger partial charge in [-0.15, -0.1) is 5.10 Å². The van der Waals surface area contributed by atoms with Gasteiger partial charge in [-0.05, 0) is 11.6 Å². The van der Waals surface area contributed by atoms with Crippen LogP contribution in [0.25, 0.3) is 22.4 Å². The second kappa shape index (κ2) is 5.11. The van der Waals surface area contributed by atoms with E-state index in [0.717, 1.165) is 16.7 Å². The Bertz CT molecular complexity index is 786. The fraction of sp³-hybridized carbons (Fsp3) is 0. The molecule has 0 aliphatic heterocycles. The molecule has 0 spiro atoms. The molecule has 3 aromatic rings.